The zero-order valence-corrected chi connectivity index (χ0v) is 11.3. The number of ether oxygens (including phenoxy) is 3. The molecule has 0 N–H and O–H groups in total. The van der Waals surface area contributed by atoms with Crippen LogP contribution in [0.25, 0.3) is 0 Å². The minimum absolute atomic E-state index is 0.0571. The highest BCUT2D eigenvalue weighted by atomic mass is 16.5. The van der Waals surface area contributed by atoms with Gasteiger partial charge in [-0.3, -0.25) is 4.99 Å². The molecule has 0 amide bonds. The summed E-state index contributed by atoms with van der Waals surface area (Å²) in [5.41, 5.74) is 1.23. The molecule has 0 atom stereocenters. The monoisotopic (exact) mass is 249 g/mol. The summed E-state index contributed by atoms with van der Waals surface area (Å²) in [6, 6.07) is 4.02. The maximum absolute atomic E-state index is 5.37. The second-order valence-electron chi connectivity index (χ2n) is 4.46. The third-order valence-corrected chi connectivity index (χ3v) is 3.40. The van der Waals surface area contributed by atoms with Crippen molar-refractivity contribution in [3.63, 3.8) is 0 Å². The summed E-state index contributed by atoms with van der Waals surface area (Å²) in [7, 11) is 6.68. The number of benzene rings is 1. The fourth-order valence-corrected chi connectivity index (χ4v) is 2.24. The molecule has 1 fully saturated rings. The number of rotatable bonds is 5. The van der Waals surface area contributed by atoms with Crippen molar-refractivity contribution in [1.82, 2.24) is 0 Å². The van der Waals surface area contributed by atoms with Crippen molar-refractivity contribution in [2.24, 2.45) is 4.99 Å². The van der Waals surface area contributed by atoms with Gasteiger partial charge in [-0.2, -0.15) is 0 Å². The van der Waals surface area contributed by atoms with Gasteiger partial charge in [-0.1, -0.05) is 0 Å². The van der Waals surface area contributed by atoms with Gasteiger partial charge >= 0.3 is 0 Å². The number of nitrogens with zero attached hydrogens (tertiary/aromatic N) is 1. The van der Waals surface area contributed by atoms with Gasteiger partial charge in [0.15, 0.2) is 11.5 Å². The molecule has 4 heteroatoms. The summed E-state index contributed by atoms with van der Waals surface area (Å²) in [5, 5.41) is 0. The molecule has 2 rings (SSSR count). The van der Waals surface area contributed by atoms with Gasteiger partial charge in [-0.15, -0.1) is 0 Å². The Kier molecular flexibility index (Phi) is 3.45. The molecule has 0 spiro atoms. The lowest BCUT2D eigenvalue weighted by atomic mass is 9.96. The Hall–Kier alpha value is -1.71. The average Bonchev–Trinajstić information content (AvgIpc) is 3.18. The number of hydrogen-bond donors (Lipinski definition) is 0. The van der Waals surface area contributed by atoms with Crippen molar-refractivity contribution in [2.75, 3.05) is 28.4 Å². The SMILES string of the molecule is CN=CC1(c2cc(OC)c(OC)c(OC)c2)CC1. The van der Waals surface area contributed by atoms with Crippen molar-refractivity contribution < 1.29 is 14.2 Å². The third-order valence-electron chi connectivity index (χ3n) is 3.40. The van der Waals surface area contributed by atoms with Crippen molar-refractivity contribution >= 4 is 6.21 Å². The molecule has 0 aromatic heterocycles. The van der Waals surface area contributed by atoms with Gasteiger partial charge in [0.05, 0.1) is 21.3 Å². The van der Waals surface area contributed by atoms with E-state index in [1.165, 1.54) is 5.56 Å². The minimum Gasteiger partial charge on any atom is -0.493 e. The molecule has 0 saturated heterocycles. The van der Waals surface area contributed by atoms with E-state index < -0.39 is 0 Å². The first-order chi connectivity index (χ1) is 8.70. The van der Waals surface area contributed by atoms with Crippen LogP contribution in [0.15, 0.2) is 17.1 Å². The highest BCUT2D eigenvalue weighted by Crippen LogP contribution is 2.50. The Morgan fingerprint density at radius 1 is 1.06 bits per heavy atom. The topological polar surface area (TPSA) is 40.0 Å². The van der Waals surface area contributed by atoms with Gasteiger partial charge < -0.3 is 14.2 Å². The van der Waals surface area contributed by atoms with E-state index >= 15 is 0 Å². The Bertz CT molecular complexity index is 439. The normalized spacial score (nSPS) is 16.7. The molecular formula is C14H19NO3. The zero-order chi connectivity index (χ0) is 13.2. The van der Waals surface area contributed by atoms with Gasteiger partial charge in [0.2, 0.25) is 5.75 Å². The highest BCUT2D eigenvalue weighted by Gasteiger charge is 2.43. The lowest BCUT2D eigenvalue weighted by Crippen LogP contribution is -2.09. The molecule has 18 heavy (non-hydrogen) atoms. The maximum Gasteiger partial charge on any atom is 0.203 e. The fourth-order valence-electron chi connectivity index (χ4n) is 2.24. The standard InChI is InChI=1S/C14H19NO3/c1-15-9-14(5-6-14)10-7-11(16-2)13(18-4)12(8-10)17-3/h7-9H,5-6H2,1-4H3. The van der Waals surface area contributed by atoms with E-state index in [-0.39, 0.29) is 5.41 Å². The Morgan fingerprint density at radius 3 is 1.94 bits per heavy atom. The Morgan fingerprint density at radius 2 is 1.61 bits per heavy atom. The van der Waals surface area contributed by atoms with Gasteiger partial charge in [-0.25, -0.2) is 0 Å². The lowest BCUT2D eigenvalue weighted by molar-refractivity contribution is 0.323. The summed E-state index contributed by atoms with van der Waals surface area (Å²) < 4.78 is 16.1. The molecule has 0 heterocycles. The van der Waals surface area contributed by atoms with Crippen LogP contribution in [0, 0.1) is 0 Å². The zero-order valence-electron chi connectivity index (χ0n) is 11.3. The summed E-state index contributed by atoms with van der Waals surface area (Å²) >= 11 is 0. The van der Waals surface area contributed by atoms with Crippen LogP contribution in [0.3, 0.4) is 0 Å². The molecule has 1 aromatic carbocycles. The molecule has 1 saturated carbocycles. The molecule has 1 aromatic rings. The minimum atomic E-state index is 0.0571. The lowest BCUT2D eigenvalue weighted by Gasteiger charge is -2.17. The molecule has 98 valence electrons. The molecule has 4 nitrogen and oxygen atoms in total. The van der Waals surface area contributed by atoms with Crippen molar-refractivity contribution in [1.29, 1.82) is 0 Å². The summed E-state index contributed by atoms with van der Waals surface area (Å²) in [6.07, 6.45) is 4.24. The molecule has 0 aliphatic heterocycles. The predicted molar refractivity (Wildman–Crippen MR) is 71.4 cm³/mol. The van der Waals surface area contributed by atoms with Gasteiger partial charge in [0.25, 0.3) is 0 Å². The molecule has 0 radical (unpaired) electrons. The number of hydrogen-bond acceptors (Lipinski definition) is 4. The smallest absolute Gasteiger partial charge is 0.203 e. The van der Waals surface area contributed by atoms with Crippen molar-refractivity contribution in [2.45, 2.75) is 18.3 Å². The first-order valence-corrected chi connectivity index (χ1v) is 5.94. The van der Waals surface area contributed by atoms with Crippen molar-refractivity contribution in [3.05, 3.63) is 17.7 Å². The summed E-state index contributed by atoms with van der Waals surface area (Å²) in [5.74, 6) is 2.03. The Balaban J connectivity index is 2.50. The largest absolute Gasteiger partial charge is 0.493 e. The van der Waals surface area contributed by atoms with E-state index in [1.807, 2.05) is 18.3 Å². The molecule has 0 bridgehead atoms. The van der Waals surface area contributed by atoms with Gasteiger partial charge in [0, 0.05) is 18.7 Å². The molecular weight excluding hydrogens is 230 g/mol. The molecule has 1 aliphatic carbocycles. The fraction of sp³-hybridized carbons (Fsp3) is 0.500. The quantitative estimate of drug-likeness (QED) is 0.752. The second-order valence-corrected chi connectivity index (χ2v) is 4.46. The maximum atomic E-state index is 5.37. The van der Waals surface area contributed by atoms with Gasteiger partial charge in [0.1, 0.15) is 0 Å². The molecule has 1 aliphatic rings. The van der Waals surface area contributed by atoms with E-state index in [9.17, 15) is 0 Å². The van der Waals surface area contributed by atoms with Gasteiger partial charge in [-0.05, 0) is 30.5 Å². The van der Waals surface area contributed by atoms with Crippen LogP contribution in [0.5, 0.6) is 17.2 Å². The van der Waals surface area contributed by atoms with Crippen LogP contribution in [0.1, 0.15) is 18.4 Å². The first-order valence-electron chi connectivity index (χ1n) is 5.94. The third kappa shape index (κ3) is 2.03. The van der Waals surface area contributed by atoms with Crippen LogP contribution in [0.2, 0.25) is 0 Å². The van der Waals surface area contributed by atoms with E-state index in [1.54, 1.807) is 28.4 Å². The van der Waals surface area contributed by atoms with E-state index in [0.29, 0.717) is 17.2 Å². The van der Waals surface area contributed by atoms with Crippen LogP contribution >= 0.6 is 0 Å². The van der Waals surface area contributed by atoms with E-state index in [2.05, 4.69) is 4.99 Å². The Labute approximate surface area is 108 Å². The average molecular weight is 249 g/mol. The van der Waals surface area contributed by atoms with Crippen LogP contribution in [0.4, 0.5) is 0 Å². The van der Waals surface area contributed by atoms with Crippen LogP contribution < -0.4 is 14.2 Å². The summed E-state index contributed by atoms with van der Waals surface area (Å²) in [6.45, 7) is 0. The highest BCUT2D eigenvalue weighted by molar-refractivity contribution is 5.78. The first kappa shape index (κ1) is 12.7. The molecule has 0 unspecified atom stereocenters. The second kappa shape index (κ2) is 4.88. The van der Waals surface area contributed by atoms with Crippen molar-refractivity contribution in [3.8, 4) is 17.2 Å². The van der Waals surface area contributed by atoms with Crippen LogP contribution in [-0.4, -0.2) is 34.6 Å². The van der Waals surface area contributed by atoms with E-state index in [4.69, 9.17) is 14.2 Å². The number of methoxy groups -OCH3 is 3. The summed E-state index contributed by atoms with van der Waals surface area (Å²) in [4.78, 5) is 4.16. The number of aliphatic imine (C=N–C) groups is 1. The van der Waals surface area contributed by atoms with Crippen LogP contribution in [-0.2, 0) is 5.41 Å². The predicted octanol–water partition coefficient (Wildman–Crippen LogP) is 2.44. The van der Waals surface area contributed by atoms with E-state index in [0.717, 1.165) is 12.8 Å².